The van der Waals surface area contributed by atoms with E-state index in [9.17, 15) is 4.79 Å². The molecule has 28 heavy (non-hydrogen) atoms. The molecule has 0 aromatic carbocycles. The number of hydrogen-bond acceptors (Lipinski definition) is 2. The van der Waals surface area contributed by atoms with Crippen molar-refractivity contribution in [2.45, 2.75) is 112 Å². The summed E-state index contributed by atoms with van der Waals surface area (Å²) in [5.74, 6) is 5.11. The van der Waals surface area contributed by atoms with Gasteiger partial charge in [0.15, 0.2) is 0 Å². The van der Waals surface area contributed by atoms with Crippen LogP contribution in [0.1, 0.15) is 112 Å². The van der Waals surface area contributed by atoms with Crippen LogP contribution >= 0.6 is 12.6 Å². The van der Waals surface area contributed by atoms with Crippen molar-refractivity contribution in [1.82, 2.24) is 0 Å². The van der Waals surface area contributed by atoms with E-state index in [1.807, 2.05) is 20.8 Å². The molecular formula is C26H48OS. The van der Waals surface area contributed by atoms with Crippen molar-refractivity contribution in [1.29, 1.82) is 0 Å². The van der Waals surface area contributed by atoms with Crippen LogP contribution in [-0.4, -0.2) is 12.0 Å². The van der Waals surface area contributed by atoms with Crippen molar-refractivity contribution in [3.8, 4) is 0 Å². The normalized spacial score (nSPS) is 43.9. The molecule has 164 valence electrons. The number of Topliss-reactive ketones (excluding diaryl/α,β-unsaturated/α-hetero) is 1. The molecule has 7 unspecified atom stereocenters. The highest BCUT2D eigenvalue weighted by atomic mass is 32.1. The van der Waals surface area contributed by atoms with Crippen molar-refractivity contribution in [3.05, 3.63) is 0 Å². The summed E-state index contributed by atoms with van der Waals surface area (Å²) < 4.78 is 0. The second-order valence-corrected chi connectivity index (χ2v) is 10.3. The third-order valence-electron chi connectivity index (χ3n) is 9.65. The minimum atomic E-state index is 0.476. The summed E-state index contributed by atoms with van der Waals surface area (Å²) in [4.78, 5) is 12.1. The van der Waals surface area contributed by atoms with Crippen molar-refractivity contribution < 1.29 is 4.79 Å². The van der Waals surface area contributed by atoms with E-state index in [0.29, 0.717) is 22.5 Å². The Labute approximate surface area is 181 Å². The molecule has 2 heteroatoms. The van der Waals surface area contributed by atoms with E-state index in [2.05, 4.69) is 26.5 Å². The van der Waals surface area contributed by atoms with Crippen LogP contribution in [0.15, 0.2) is 0 Å². The molecule has 4 aliphatic rings. The average molecular weight is 409 g/mol. The van der Waals surface area contributed by atoms with E-state index >= 15 is 0 Å². The van der Waals surface area contributed by atoms with E-state index in [1.165, 1.54) is 64.2 Å². The first-order valence-electron chi connectivity index (χ1n) is 12.5. The van der Waals surface area contributed by atoms with Gasteiger partial charge in [-0.15, -0.1) is 0 Å². The molecule has 4 rings (SSSR count). The first-order valence-corrected chi connectivity index (χ1v) is 13.3. The van der Waals surface area contributed by atoms with E-state index in [4.69, 9.17) is 0 Å². The van der Waals surface area contributed by atoms with E-state index in [1.54, 1.807) is 6.26 Å². The summed E-state index contributed by atoms with van der Waals surface area (Å²) in [6.45, 7) is 11.3. The molecule has 0 N–H and O–H groups in total. The molecule has 0 amide bonds. The molecule has 4 saturated carbocycles. The Kier molecular flexibility index (Phi) is 8.99. The predicted molar refractivity (Wildman–Crippen MR) is 126 cm³/mol. The van der Waals surface area contributed by atoms with Gasteiger partial charge in [-0.1, -0.05) is 47.5 Å². The van der Waals surface area contributed by atoms with Crippen molar-refractivity contribution in [2.75, 3.05) is 6.26 Å². The molecule has 1 nitrogen and oxygen atoms in total. The highest BCUT2D eigenvalue weighted by molar-refractivity contribution is 7.79. The van der Waals surface area contributed by atoms with Crippen LogP contribution in [0.3, 0.4) is 0 Å². The zero-order chi connectivity index (χ0) is 20.9. The second kappa shape index (κ2) is 10.4. The number of hydrogen-bond donors (Lipinski definition) is 1. The van der Waals surface area contributed by atoms with Crippen LogP contribution in [-0.2, 0) is 4.79 Å². The third-order valence-corrected chi connectivity index (χ3v) is 9.65. The van der Waals surface area contributed by atoms with Gasteiger partial charge in [-0.05, 0) is 98.0 Å². The molecule has 0 aromatic rings. The monoisotopic (exact) mass is 408 g/mol. The number of rotatable bonds is 3. The minimum absolute atomic E-state index is 0.476. The molecule has 0 aromatic heterocycles. The summed E-state index contributed by atoms with van der Waals surface area (Å²) >= 11 is 3.53. The maximum Gasteiger partial charge on any atom is 0.132 e. The van der Waals surface area contributed by atoms with E-state index in [0.717, 1.165) is 36.5 Å². The topological polar surface area (TPSA) is 17.1 Å². The maximum atomic E-state index is 12.1. The molecular weight excluding hydrogens is 360 g/mol. The van der Waals surface area contributed by atoms with Gasteiger partial charge in [-0.2, -0.15) is 12.6 Å². The van der Waals surface area contributed by atoms with Gasteiger partial charge >= 0.3 is 0 Å². The van der Waals surface area contributed by atoms with Gasteiger partial charge in [-0.25, -0.2) is 0 Å². The van der Waals surface area contributed by atoms with Gasteiger partial charge in [0, 0.05) is 12.8 Å². The van der Waals surface area contributed by atoms with Gasteiger partial charge in [-0.3, -0.25) is 4.79 Å². The lowest BCUT2D eigenvalue weighted by molar-refractivity contribution is -0.125. The molecule has 0 aliphatic heterocycles. The van der Waals surface area contributed by atoms with Gasteiger partial charge < -0.3 is 0 Å². The van der Waals surface area contributed by atoms with Crippen LogP contribution in [0.4, 0.5) is 0 Å². The third kappa shape index (κ3) is 4.23. The van der Waals surface area contributed by atoms with Crippen LogP contribution in [0.25, 0.3) is 0 Å². The number of ketones is 1. The molecule has 0 radical (unpaired) electrons. The molecule has 0 heterocycles. The van der Waals surface area contributed by atoms with Crippen molar-refractivity contribution in [2.24, 2.45) is 40.4 Å². The van der Waals surface area contributed by atoms with E-state index in [-0.39, 0.29) is 0 Å². The Hall–Kier alpha value is 0.0200. The fourth-order valence-electron chi connectivity index (χ4n) is 8.16. The molecule has 0 bridgehead atoms. The highest BCUT2D eigenvalue weighted by Gasteiger charge is 2.59. The minimum Gasteiger partial charge on any atom is -0.300 e. The lowest BCUT2D eigenvalue weighted by Crippen LogP contribution is -2.52. The first kappa shape index (κ1) is 24.3. The molecule has 4 fully saturated rings. The standard InChI is InChI=1S/C23H38O.C2H6.CH4S/c1-4-18(24)15-17-9-11-20-19-10-8-16-7-5-6-13-22(16,2)21(19)12-14-23(17,20)3;2*1-2/h16-17,19-21H,4-15H2,1-3H3;1-2H3;2H,1H3. The molecule has 4 aliphatic carbocycles. The second-order valence-electron chi connectivity index (χ2n) is 10.3. The number of thiol groups is 1. The summed E-state index contributed by atoms with van der Waals surface area (Å²) in [6.07, 6.45) is 17.9. The zero-order valence-electron chi connectivity index (χ0n) is 19.7. The Morgan fingerprint density at radius 2 is 1.54 bits per heavy atom. The van der Waals surface area contributed by atoms with Gasteiger partial charge in [0.2, 0.25) is 0 Å². The van der Waals surface area contributed by atoms with Gasteiger partial charge in [0.25, 0.3) is 0 Å². The molecule has 7 atom stereocenters. The maximum absolute atomic E-state index is 12.1. The number of carbonyl (C=O) groups is 1. The lowest BCUT2D eigenvalue weighted by Gasteiger charge is -2.60. The fourth-order valence-corrected chi connectivity index (χ4v) is 8.16. The first-order chi connectivity index (χ1) is 13.5. The van der Waals surface area contributed by atoms with Gasteiger partial charge in [0.05, 0.1) is 0 Å². The smallest absolute Gasteiger partial charge is 0.132 e. The SMILES string of the molecule is CC.CCC(=O)CC1CCC2C3CCC4CCCCC4(C)C3CCC12C.CS. The highest BCUT2D eigenvalue weighted by Crippen LogP contribution is 2.67. The van der Waals surface area contributed by atoms with Crippen molar-refractivity contribution >= 4 is 18.4 Å². The van der Waals surface area contributed by atoms with E-state index < -0.39 is 0 Å². The van der Waals surface area contributed by atoms with Crippen LogP contribution in [0, 0.1) is 40.4 Å². The Morgan fingerprint density at radius 3 is 2.21 bits per heavy atom. The van der Waals surface area contributed by atoms with Crippen LogP contribution in [0.2, 0.25) is 0 Å². The summed E-state index contributed by atoms with van der Waals surface area (Å²) in [5.41, 5.74) is 1.13. The number of carbonyl (C=O) groups excluding carboxylic acids is 1. The van der Waals surface area contributed by atoms with Crippen LogP contribution < -0.4 is 0 Å². The zero-order valence-corrected chi connectivity index (χ0v) is 20.6. The molecule has 0 spiro atoms. The summed E-state index contributed by atoms with van der Waals surface area (Å²) in [6, 6.07) is 0. The van der Waals surface area contributed by atoms with Gasteiger partial charge in [0.1, 0.15) is 5.78 Å². The van der Waals surface area contributed by atoms with Crippen LogP contribution in [0.5, 0.6) is 0 Å². The Morgan fingerprint density at radius 1 is 0.857 bits per heavy atom. The summed E-state index contributed by atoms with van der Waals surface area (Å²) in [5, 5.41) is 0. The average Bonchev–Trinajstić information content (AvgIpc) is 3.06. The predicted octanol–water partition coefficient (Wildman–Crippen LogP) is 7.98. The Bertz CT molecular complexity index is 503. The van der Waals surface area contributed by atoms with Crippen molar-refractivity contribution in [3.63, 3.8) is 0 Å². The largest absolute Gasteiger partial charge is 0.300 e. The Balaban J connectivity index is 0.000000660. The lowest BCUT2D eigenvalue weighted by atomic mass is 9.45. The molecule has 0 saturated heterocycles. The fraction of sp³-hybridized carbons (Fsp3) is 0.962. The summed E-state index contributed by atoms with van der Waals surface area (Å²) in [7, 11) is 0. The quantitative estimate of drug-likeness (QED) is 0.468. The number of fused-ring (bicyclic) bond motifs is 5.